The fraction of sp³-hybridized carbons (Fsp3) is 0.643. The van der Waals surface area contributed by atoms with Crippen molar-refractivity contribution in [3.63, 3.8) is 0 Å². The van der Waals surface area contributed by atoms with Gasteiger partial charge in [-0.3, -0.25) is 0 Å². The van der Waals surface area contributed by atoms with Gasteiger partial charge in [0, 0.05) is 24.3 Å². The predicted molar refractivity (Wildman–Crippen MR) is 69.2 cm³/mol. The Balaban J connectivity index is 1.94. The second-order valence-corrected chi connectivity index (χ2v) is 4.89. The van der Waals surface area contributed by atoms with Crippen molar-refractivity contribution in [2.24, 2.45) is 0 Å². The molecule has 1 unspecified atom stereocenters. The van der Waals surface area contributed by atoms with Crippen molar-refractivity contribution in [2.45, 2.75) is 58.7 Å². The van der Waals surface area contributed by atoms with Crippen LogP contribution in [-0.4, -0.2) is 17.1 Å². The summed E-state index contributed by atoms with van der Waals surface area (Å²) in [6.07, 6.45) is 3.88. The minimum absolute atomic E-state index is 0.234. The van der Waals surface area contributed by atoms with Crippen molar-refractivity contribution in [2.75, 3.05) is 0 Å². The molecular formula is C14H22N2O. The minimum Gasteiger partial charge on any atom is -0.475 e. The Morgan fingerprint density at radius 3 is 2.82 bits per heavy atom. The summed E-state index contributed by atoms with van der Waals surface area (Å²) in [5, 5.41) is 3.50. The van der Waals surface area contributed by atoms with Gasteiger partial charge in [0.2, 0.25) is 5.88 Å². The van der Waals surface area contributed by atoms with Gasteiger partial charge in [0.25, 0.3) is 0 Å². The Morgan fingerprint density at radius 2 is 2.24 bits per heavy atom. The Morgan fingerprint density at radius 1 is 1.47 bits per heavy atom. The molecule has 0 spiro atoms. The molecule has 0 radical (unpaired) electrons. The molecule has 3 heteroatoms. The van der Waals surface area contributed by atoms with Crippen molar-refractivity contribution in [1.29, 1.82) is 0 Å². The quantitative estimate of drug-likeness (QED) is 0.822. The first kappa shape index (κ1) is 12.4. The summed E-state index contributed by atoms with van der Waals surface area (Å²) in [6.45, 7) is 7.16. The summed E-state index contributed by atoms with van der Waals surface area (Å²) in [7, 11) is 0. The highest BCUT2D eigenvalue weighted by Gasteiger charge is 2.20. The first-order valence-electron chi connectivity index (χ1n) is 6.55. The number of nitrogens with one attached hydrogen (secondary N) is 1. The van der Waals surface area contributed by atoms with E-state index < -0.39 is 0 Å². The van der Waals surface area contributed by atoms with Crippen LogP contribution in [0.15, 0.2) is 12.1 Å². The molecule has 1 fully saturated rings. The largest absolute Gasteiger partial charge is 0.475 e. The number of ether oxygens (including phenoxy) is 1. The summed E-state index contributed by atoms with van der Waals surface area (Å²) in [4.78, 5) is 4.50. The molecule has 0 aliphatic heterocycles. The second-order valence-electron chi connectivity index (χ2n) is 4.89. The molecular weight excluding hydrogens is 212 g/mol. The van der Waals surface area contributed by atoms with Gasteiger partial charge in [-0.25, -0.2) is 4.98 Å². The van der Waals surface area contributed by atoms with E-state index in [4.69, 9.17) is 4.74 Å². The first-order valence-corrected chi connectivity index (χ1v) is 6.55. The molecule has 94 valence electrons. The molecule has 1 aliphatic rings. The van der Waals surface area contributed by atoms with Crippen molar-refractivity contribution in [3.8, 4) is 5.88 Å². The van der Waals surface area contributed by atoms with E-state index in [1.54, 1.807) is 0 Å². The number of rotatable bonds is 6. The van der Waals surface area contributed by atoms with E-state index in [0.29, 0.717) is 0 Å². The molecule has 1 saturated carbocycles. The van der Waals surface area contributed by atoms with Crippen molar-refractivity contribution in [1.82, 2.24) is 10.3 Å². The average Bonchev–Trinajstić information content (AvgIpc) is 3.12. The van der Waals surface area contributed by atoms with Crippen LogP contribution in [0.5, 0.6) is 5.88 Å². The van der Waals surface area contributed by atoms with Gasteiger partial charge in [-0.2, -0.15) is 0 Å². The molecule has 3 nitrogen and oxygen atoms in total. The van der Waals surface area contributed by atoms with Crippen LogP contribution in [-0.2, 0) is 6.54 Å². The van der Waals surface area contributed by atoms with Crippen LogP contribution in [0.25, 0.3) is 0 Å². The number of pyridine rings is 1. The van der Waals surface area contributed by atoms with E-state index in [2.05, 4.69) is 30.2 Å². The number of hydrogen-bond acceptors (Lipinski definition) is 3. The van der Waals surface area contributed by atoms with Crippen LogP contribution in [0.4, 0.5) is 0 Å². The standard InChI is InChI=1S/C14H22N2O/c1-4-10(2)17-14-8-5-12(11(3)16-14)9-15-13-6-7-13/h5,8,10,13,15H,4,6-7,9H2,1-3H3. The molecule has 0 bridgehead atoms. The van der Waals surface area contributed by atoms with Gasteiger partial charge in [-0.1, -0.05) is 13.0 Å². The molecule has 1 aromatic heterocycles. The Bertz CT molecular complexity index is 374. The zero-order valence-corrected chi connectivity index (χ0v) is 11.0. The van der Waals surface area contributed by atoms with E-state index in [0.717, 1.165) is 30.6 Å². The maximum absolute atomic E-state index is 5.71. The summed E-state index contributed by atoms with van der Waals surface area (Å²) in [5.74, 6) is 0.743. The normalized spacial score (nSPS) is 16.9. The third kappa shape index (κ3) is 3.70. The SMILES string of the molecule is CCC(C)Oc1ccc(CNC2CC2)c(C)n1. The van der Waals surface area contributed by atoms with Gasteiger partial charge in [-0.15, -0.1) is 0 Å². The highest BCUT2D eigenvalue weighted by molar-refractivity contribution is 5.25. The molecule has 1 heterocycles. The fourth-order valence-corrected chi connectivity index (χ4v) is 1.65. The number of hydrogen-bond donors (Lipinski definition) is 1. The van der Waals surface area contributed by atoms with Crippen LogP contribution < -0.4 is 10.1 Å². The van der Waals surface area contributed by atoms with Crippen LogP contribution in [0.3, 0.4) is 0 Å². The Hall–Kier alpha value is -1.09. The minimum atomic E-state index is 0.234. The summed E-state index contributed by atoms with van der Waals surface area (Å²) in [6, 6.07) is 4.84. The summed E-state index contributed by atoms with van der Waals surface area (Å²) >= 11 is 0. The van der Waals surface area contributed by atoms with Crippen molar-refractivity contribution in [3.05, 3.63) is 23.4 Å². The van der Waals surface area contributed by atoms with Crippen molar-refractivity contribution >= 4 is 0 Å². The van der Waals surface area contributed by atoms with Gasteiger partial charge in [0.15, 0.2) is 0 Å². The molecule has 1 N–H and O–H groups in total. The highest BCUT2D eigenvalue weighted by atomic mass is 16.5. The van der Waals surface area contributed by atoms with Crippen LogP contribution in [0, 0.1) is 6.92 Å². The van der Waals surface area contributed by atoms with Gasteiger partial charge in [-0.05, 0) is 38.7 Å². The van der Waals surface area contributed by atoms with Crippen LogP contribution in [0.2, 0.25) is 0 Å². The molecule has 1 aromatic rings. The zero-order valence-electron chi connectivity index (χ0n) is 11.0. The van der Waals surface area contributed by atoms with E-state index in [1.165, 1.54) is 18.4 Å². The van der Waals surface area contributed by atoms with E-state index >= 15 is 0 Å². The topological polar surface area (TPSA) is 34.1 Å². The summed E-state index contributed by atoms with van der Waals surface area (Å²) in [5.41, 5.74) is 2.34. The van der Waals surface area contributed by atoms with Crippen molar-refractivity contribution < 1.29 is 4.74 Å². The fourth-order valence-electron chi connectivity index (χ4n) is 1.65. The van der Waals surface area contributed by atoms with E-state index in [1.807, 2.05) is 13.0 Å². The maximum atomic E-state index is 5.71. The molecule has 2 rings (SSSR count). The number of aromatic nitrogens is 1. The zero-order chi connectivity index (χ0) is 12.3. The molecule has 0 saturated heterocycles. The third-order valence-electron chi connectivity index (χ3n) is 3.23. The molecule has 1 atom stereocenters. The number of aryl methyl sites for hydroxylation is 1. The lowest BCUT2D eigenvalue weighted by Gasteiger charge is -2.13. The monoisotopic (exact) mass is 234 g/mol. The molecule has 0 aromatic carbocycles. The predicted octanol–water partition coefficient (Wildman–Crippen LogP) is 2.82. The third-order valence-corrected chi connectivity index (χ3v) is 3.23. The van der Waals surface area contributed by atoms with E-state index in [-0.39, 0.29) is 6.10 Å². The second kappa shape index (κ2) is 5.50. The molecule has 1 aliphatic carbocycles. The highest BCUT2D eigenvalue weighted by Crippen LogP contribution is 2.20. The van der Waals surface area contributed by atoms with Gasteiger partial charge in [0.1, 0.15) is 0 Å². The Labute approximate surface area is 104 Å². The smallest absolute Gasteiger partial charge is 0.213 e. The van der Waals surface area contributed by atoms with Crippen LogP contribution >= 0.6 is 0 Å². The van der Waals surface area contributed by atoms with Gasteiger partial charge in [0.05, 0.1) is 6.10 Å². The maximum Gasteiger partial charge on any atom is 0.213 e. The summed E-state index contributed by atoms with van der Waals surface area (Å²) < 4.78 is 5.71. The van der Waals surface area contributed by atoms with Gasteiger partial charge < -0.3 is 10.1 Å². The first-order chi connectivity index (χ1) is 8.19. The lowest BCUT2D eigenvalue weighted by Crippen LogP contribution is -2.17. The lowest BCUT2D eigenvalue weighted by atomic mass is 10.2. The Kier molecular flexibility index (Phi) is 4.00. The van der Waals surface area contributed by atoms with Gasteiger partial charge >= 0.3 is 0 Å². The number of nitrogens with zero attached hydrogens (tertiary/aromatic N) is 1. The van der Waals surface area contributed by atoms with E-state index in [9.17, 15) is 0 Å². The molecule has 17 heavy (non-hydrogen) atoms. The average molecular weight is 234 g/mol. The molecule has 0 amide bonds. The lowest BCUT2D eigenvalue weighted by molar-refractivity contribution is 0.208. The van der Waals surface area contributed by atoms with Crippen LogP contribution in [0.1, 0.15) is 44.4 Å².